The fourth-order valence-corrected chi connectivity index (χ4v) is 4.74. The van der Waals surface area contributed by atoms with Crippen LogP contribution in [0.25, 0.3) is 16.8 Å². The van der Waals surface area contributed by atoms with Crippen LogP contribution in [0.15, 0.2) is 79.3 Å². The molecule has 4 nitrogen and oxygen atoms in total. The number of carbonyl (C=O) groups excluding carboxylic acids is 1. The van der Waals surface area contributed by atoms with Gasteiger partial charge in [0, 0.05) is 5.69 Å². The van der Waals surface area contributed by atoms with Crippen molar-refractivity contribution in [3.8, 4) is 16.8 Å². The van der Waals surface area contributed by atoms with E-state index in [-0.39, 0.29) is 34.8 Å². The first-order chi connectivity index (χ1) is 18.0. The molecule has 1 atom stereocenters. The number of nitrogens with zero attached hydrogens (tertiary/aromatic N) is 2. The largest absolute Gasteiger partial charge is 0.416 e. The second kappa shape index (κ2) is 9.66. The maximum Gasteiger partial charge on any atom is 0.416 e. The molecular weight excluding hydrogens is 508 g/mol. The van der Waals surface area contributed by atoms with E-state index in [9.17, 15) is 31.1 Å². The third-order valence-electron chi connectivity index (χ3n) is 6.61. The molecule has 0 radical (unpaired) electrons. The van der Waals surface area contributed by atoms with Gasteiger partial charge in [-0.1, -0.05) is 36.4 Å². The Labute approximate surface area is 213 Å². The predicted molar refractivity (Wildman–Crippen MR) is 129 cm³/mol. The second-order valence-corrected chi connectivity index (χ2v) is 9.11. The molecule has 1 aliphatic carbocycles. The van der Waals surface area contributed by atoms with Gasteiger partial charge in [0.1, 0.15) is 5.69 Å². The number of benzene rings is 3. The molecule has 38 heavy (non-hydrogen) atoms. The Kier molecular flexibility index (Phi) is 6.50. The van der Waals surface area contributed by atoms with Gasteiger partial charge in [0.2, 0.25) is 0 Å². The quantitative estimate of drug-likeness (QED) is 0.281. The van der Waals surface area contributed by atoms with Crippen molar-refractivity contribution in [2.45, 2.75) is 37.7 Å². The molecule has 0 fully saturated rings. The molecule has 0 aliphatic heterocycles. The van der Waals surface area contributed by atoms with Gasteiger partial charge < -0.3 is 5.32 Å². The SMILES string of the molecule is O=C(NC1CCCc2ccccc21)c1cncn1-c1ccc(-c2cc(C(F)(F)F)cc(C(F)(F)F)c2)cc1. The molecule has 1 aliphatic rings. The first kappa shape index (κ1) is 25.6. The van der Waals surface area contributed by atoms with Gasteiger partial charge in [-0.2, -0.15) is 26.3 Å². The minimum Gasteiger partial charge on any atom is -0.344 e. The van der Waals surface area contributed by atoms with Crippen LogP contribution in [0.3, 0.4) is 0 Å². The minimum atomic E-state index is -4.94. The molecule has 10 heteroatoms. The lowest BCUT2D eigenvalue weighted by Crippen LogP contribution is -2.32. The summed E-state index contributed by atoms with van der Waals surface area (Å²) in [6, 6.07) is 15.1. The van der Waals surface area contributed by atoms with Crippen LogP contribution in [0.1, 0.15) is 51.6 Å². The van der Waals surface area contributed by atoms with Crippen LogP contribution in [0, 0.1) is 0 Å². The molecule has 5 rings (SSSR count). The number of nitrogens with one attached hydrogen (secondary N) is 1. The van der Waals surface area contributed by atoms with E-state index < -0.39 is 23.5 Å². The number of carbonyl (C=O) groups is 1. The van der Waals surface area contributed by atoms with Crippen molar-refractivity contribution in [1.82, 2.24) is 14.9 Å². The summed E-state index contributed by atoms with van der Waals surface area (Å²) in [5, 5.41) is 3.05. The fourth-order valence-electron chi connectivity index (χ4n) is 4.74. The number of amides is 1. The molecule has 0 saturated carbocycles. The van der Waals surface area contributed by atoms with Crippen LogP contribution in [-0.4, -0.2) is 15.5 Å². The first-order valence-corrected chi connectivity index (χ1v) is 11.8. The number of hydrogen-bond acceptors (Lipinski definition) is 2. The molecule has 0 bridgehead atoms. The van der Waals surface area contributed by atoms with E-state index in [0.29, 0.717) is 17.8 Å². The highest BCUT2D eigenvalue weighted by atomic mass is 19.4. The molecule has 1 unspecified atom stereocenters. The standard InChI is InChI=1S/C28H21F6N3O/c29-27(30,31)20-12-19(13-21(14-20)28(32,33)34)17-8-10-22(11-9-17)37-16-35-15-25(37)26(38)36-24-7-3-5-18-4-1-2-6-23(18)24/h1-2,4,6,8-16,24H,3,5,7H2,(H,36,38). The third kappa shape index (κ3) is 5.16. The third-order valence-corrected chi connectivity index (χ3v) is 6.61. The van der Waals surface area contributed by atoms with E-state index >= 15 is 0 Å². The fraction of sp³-hybridized carbons (Fsp3) is 0.214. The van der Waals surface area contributed by atoms with Crippen molar-refractivity contribution in [2.24, 2.45) is 0 Å². The molecule has 3 aromatic carbocycles. The average molecular weight is 529 g/mol. The van der Waals surface area contributed by atoms with Gasteiger partial charge in [-0.15, -0.1) is 0 Å². The molecule has 1 amide bonds. The van der Waals surface area contributed by atoms with Crippen LogP contribution in [-0.2, 0) is 18.8 Å². The summed E-state index contributed by atoms with van der Waals surface area (Å²) < 4.78 is 81.1. The van der Waals surface area contributed by atoms with Crippen molar-refractivity contribution in [3.63, 3.8) is 0 Å². The molecule has 0 saturated heterocycles. The zero-order valence-electron chi connectivity index (χ0n) is 19.8. The predicted octanol–water partition coefficient (Wildman–Crippen LogP) is 7.38. The number of alkyl halides is 6. The van der Waals surface area contributed by atoms with Gasteiger partial charge in [0.05, 0.1) is 29.7 Å². The summed E-state index contributed by atoms with van der Waals surface area (Å²) >= 11 is 0. The summed E-state index contributed by atoms with van der Waals surface area (Å²) in [4.78, 5) is 17.2. The Morgan fingerprint density at radius 2 is 1.53 bits per heavy atom. The van der Waals surface area contributed by atoms with E-state index in [4.69, 9.17) is 0 Å². The molecule has 1 N–H and O–H groups in total. The highest BCUT2D eigenvalue weighted by Gasteiger charge is 2.37. The summed E-state index contributed by atoms with van der Waals surface area (Å²) in [5.74, 6) is -0.346. The average Bonchev–Trinajstić information content (AvgIpc) is 3.38. The number of aryl methyl sites for hydroxylation is 1. The molecule has 1 heterocycles. The van der Waals surface area contributed by atoms with Crippen LogP contribution >= 0.6 is 0 Å². The summed E-state index contributed by atoms with van der Waals surface area (Å²) in [6.45, 7) is 0. The molecule has 4 aromatic rings. The Bertz CT molecular complexity index is 1440. The van der Waals surface area contributed by atoms with Crippen molar-refractivity contribution < 1.29 is 31.1 Å². The Hall–Kier alpha value is -4.08. The smallest absolute Gasteiger partial charge is 0.344 e. The summed E-state index contributed by atoms with van der Waals surface area (Å²) in [7, 11) is 0. The molecule has 0 spiro atoms. The van der Waals surface area contributed by atoms with Crippen LogP contribution in [0.5, 0.6) is 0 Å². The number of fused-ring (bicyclic) bond motifs is 1. The van der Waals surface area contributed by atoms with Gasteiger partial charge in [0.15, 0.2) is 0 Å². The lowest BCUT2D eigenvalue weighted by atomic mass is 9.88. The van der Waals surface area contributed by atoms with Crippen molar-refractivity contribution in [3.05, 3.63) is 107 Å². The van der Waals surface area contributed by atoms with E-state index in [1.165, 1.54) is 46.9 Å². The summed E-state index contributed by atoms with van der Waals surface area (Å²) in [6.07, 6.45) is -4.37. The van der Waals surface area contributed by atoms with Gasteiger partial charge in [-0.25, -0.2) is 4.98 Å². The van der Waals surface area contributed by atoms with Gasteiger partial charge in [0.25, 0.3) is 5.91 Å². The molecule has 196 valence electrons. The van der Waals surface area contributed by atoms with Crippen LogP contribution in [0.2, 0.25) is 0 Å². The molecular formula is C28H21F6N3O. The monoisotopic (exact) mass is 529 g/mol. The van der Waals surface area contributed by atoms with Gasteiger partial charge in [-0.05, 0) is 71.8 Å². The lowest BCUT2D eigenvalue weighted by Gasteiger charge is -2.26. The first-order valence-electron chi connectivity index (χ1n) is 11.8. The zero-order valence-corrected chi connectivity index (χ0v) is 19.8. The maximum atomic E-state index is 13.3. The topological polar surface area (TPSA) is 46.9 Å². The van der Waals surface area contributed by atoms with Crippen molar-refractivity contribution >= 4 is 5.91 Å². The number of halogens is 6. The number of hydrogen-bond donors (Lipinski definition) is 1. The Balaban J connectivity index is 1.41. The van der Waals surface area contributed by atoms with Crippen molar-refractivity contribution in [2.75, 3.05) is 0 Å². The van der Waals surface area contributed by atoms with Crippen LogP contribution in [0.4, 0.5) is 26.3 Å². The van der Waals surface area contributed by atoms with Gasteiger partial charge >= 0.3 is 12.4 Å². The lowest BCUT2D eigenvalue weighted by molar-refractivity contribution is -0.143. The molecule has 1 aromatic heterocycles. The minimum absolute atomic E-state index is 0.0962. The maximum absolute atomic E-state index is 13.3. The van der Waals surface area contributed by atoms with Gasteiger partial charge in [-0.3, -0.25) is 9.36 Å². The van der Waals surface area contributed by atoms with E-state index in [1.54, 1.807) is 0 Å². The second-order valence-electron chi connectivity index (χ2n) is 9.11. The summed E-state index contributed by atoms with van der Waals surface area (Å²) in [5.41, 5.74) is 0.156. The highest BCUT2D eigenvalue weighted by molar-refractivity contribution is 5.93. The number of aromatic nitrogens is 2. The Morgan fingerprint density at radius 3 is 2.18 bits per heavy atom. The normalized spacial score (nSPS) is 15.7. The van der Waals surface area contributed by atoms with E-state index in [0.717, 1.165) is 24.8 Å². The van der Waals surface area contributed by atoms with Crippen molar-refractivity contribution in [1.29, 1.82) is 0 Å². The Morgan fingerprint density at radius 1 is 0.868 bits per heavy atom. The number of imidazole rings is 1. The highest BCUT2D eigenvalue weighted by Crippen LogP contribution is 2.39. The van der Waals surface area contributed by atoms with E-state index in [2.05, 4.69) is 10.3 Å². The van der Waals surface area contributed by atoms with E-state index in [1.807, 2.05) is 24.3 Å². The zero-order chi connectivity index (χ0) is 27.1. The van der Waals surface area contributed by atoms with Crippen LogP contribution < -0.4 is 5.32 Å². The number of rotatable bonds is 4.